The highest BCUT2D eigenvalue weighted by Gasteiger charge is 2.20. The van der Waals surface area contributed by atoms with E-state index in [9.17, 15) is 0 Å². The third-order valence-electron chi connectivity index (χ3n) is 3.45. The van der Waals surface area contributed by atoms with Gasteiger partial charge in [0.2, 0.25) is 0 Å². The van der Waals surface area contributed by atoms with Gasteiger partial charge in [0, 0.05) is 11.6 Å². The van der Waals surface area contributed by atoms with Crippen molar-refractivity contribution in [3.63, 3.8) is 0 Å². The van der Waals surface area contributed by atoms with E-state index < -0.39 is 0 Å². The number of hydrogen-bond acceptors (Lipinski definition) is 2. The molecule has 0 aliphatic heterocycles. The average Bonchev–Trinajstić information content (AvgIpc) is 3.14. The smallest absolute Gasteiger partial charge is 0.134 e. The van der Waals surface area contributed by atoms with Crippen molar-refractivity contribution < 1.29 is 4.42 Å². The lowest BCUT2D eigenvalue weighted by atomic mass is 10.1. The van der Waals surface area contributed by atoms with E-state index in [4.69, 9.17) is 4.42 Å². The summed E-state index contributed by atoms with van der Waals surface area (Å²) in [5, 5.41) is 3.46. The van der Waals surface area contributed by atoms with Gasteiger partial charge in [-0.2, -0.15) is 0 Å². The van der Waals surface area contributed by atoms with Crippen molar-refractivity contribution in [2.75, 3.05) is 0 Å². The fourth-order valence-corrected chi connectivity index (χ4v) is 2.07. The van der Waals surface area contributed by atoms with E-state index in [0.29, 0.717) is 0 Å². The molecule has 3 rings (SSSR count). The second-order valence-electron chi connectivity index (χ2n) is 4.97. The van der Waals surface area contributed by atoms with Gasteiger partial charge >= 0.3 is 0 Å². The standard InChI is InChI=1S/C16H19NO/c1-2-12-3-5-13(6-4-12)16-10-9-15(18-16)11-17-14-7-8-14/h3-6,9-10,14,17H,2,7-8,11H2,1H3. The first-order valence-corrected chi connectivity index (χ1v) is 6.76. The molecule has 94 valence electrons. The molecule has 0 atom stereocenters. The Morgan fingerprint density at radius 1 is 1.11 bits per heavy atom. The fraction of sp³-hybridized carbons (Fsp3) is 0.375. The molecule has 0 spiro atoms. The Morgan fingerprint density at radius 2 is 1.89 bits per heavy atom. The molecular formula is C16H19NO. The number of hydrogen-bond donors (Lipinski definition) is 1. The summed E-state index contributed by atoms with van der Waals surface area (Å²) in [6, 6.07) is 13.5. The van der Waals surface area contributed by atoms with Crippen molar-refractivity contribution in [1.29, 1.82) is 0 Å². The minimum absolute atomic E-state index is 0.724. The van der Waals surface area contributed by atoms with Gasteiger partial charge in [0.05, 0.1) is 6.54 Å². The molecule has 2 heteroatoms. The van der Waals surface area contributed by atoms with Crippen LogP contribution >= 0.6 is 0 Å². The molecule has 0 amide bonds. The summed E-state index contributed by atoms with van der Waals surface area (Å²) >= 11 is 0. The molecule has 1 fully saturated rings. The van der Waals surface area contributed by atoms with Crippen molar-refractivity contribution in [1.82, 2.24) is 5.32 Å². The zero-order valence-electron chi connectivity index (χ0n) is 10.8. The molecule has 1 aliphatic rings. The quantitative estimate of drug-likeness (QED) is 0.862. The number of nitrogens with one attached hydrogen (secondary N) is 1. The van der Waals surface area contributed by atoms with Gasteiger partial charge in [0.15, 0.2) is 0 Å². The maximum Gasteiger partial charge on any atom is 0.134 e. The molecule has 1 saturated carbocycles. The van der Waals surface area contributed by atoms with Gasteiger partial charge in [-0.25, -0.2) is 0 Å². The summed E-state index contributed by atoms with van der Waals surface area (Å²) in [6.07, 6.45) is 3.70. The van der Waals surface area contributed by atoms with E-state index >= 15 is 0 Å². The molecule has 1 aromatic carbocycles. The Hall–Kier alpha value is -1.54. The van der Waals surface area contributed by atoms with Gasteiger partial charge < -0.3 is 9.73 Å². The topological polar surface area (TPSA) is 25.2 Å². The summed E-state index contributed by atoms with van der Waals surface area (Å²) in [4.78, 5) is 0. The van der Waals surface area contributed by atoms with Gasteiger partial charge in [-0.1, -0.05) is 31.2 Å². The van der Waals surface area contributed by atoms with Crippen LogP contribution in [0.2, 0.25) is 0 Å². The Labute approximate surface area is 108 Å². The molecule has 0 unspecified atom stereocenters. The molecule has 18 heavy (non-hydrogen) atoms. The first-order chi connectivity index (χ1) is 8.85. The normalized spacial score (nSPS) is 14.9. The summed E-state index contributed by atoms with van der Waals surface area (Å²) < 4.78 is 5.86. The van der Waals surface area contributed by atoms with Crippen LogP contribution in [0.4, 0.5) is 0 Å². The van der Waals surface area contributed by atoms with E-state index in [-0.39, 0.29) is 0 Å². The second kappa shape index (κ2) is 4.99. The molecular weight excluding hydrogens is 222 g/mol. The summed E-state index contributed by atoms with van der Waals surface area (Å²) in [5.41, 5.74) is 2.52. The van der Waals surface area contributed by atoms with Crippen molar-refractivity contribution in [3.05, 3.63) is 47.7 Å². The van der Waals surface area contributed by atoms with Gasteiger partial charge in [-0.3, -0.25) is 0 Å². The molecule has 1 heterocycles. The van der Waals surface area contributed by atoms with E-state index in [0.717, 1.165) is 36.1 Å². The van der Waals surface area contributed by atoms with Crippen LogP contribution in [-0.4, -0.2) is 6.04 Å². The lowest BCUT2D eigenvalue weighted by Crippen LogP contribution is -2.14. The van der Waals surface area contributed by atoms with Crippen LogP contribution < -0.4 is 5.32 Å². The number of furan rings is 1. The Bertz CT molecular complexity index is 508. The van der Waals surface area contributed by atoms with E-state index in [2.05, 4.69) is 48.6 Å². The average molecular weight is 241 g/mol. The first-order valence-electron chi connectivity index (χ1n) is 6.76. The minimum Gasteiger partial charge on any atom is -0.460 e. The largest absolute Gasteiger partial charge is 0.460 e. The molecule has 1 N–H and O–H groups in total. The van der Waals surface area contributed by atoms with E-state index in [1.54, 1.807) is 0 Å². The van der Waals surface area contributed by atoms with Crippen molar-refractivity contribution >= 4 is 0 Å². The summed E-state index contributed by atoms with van der Waals surface area (Å²) in [6.45, 7) is 3.02. The van der Waals surface area contributed by atoms with E-state index in [1.165, 1.54) is 18.4 Å². The van der Waals surface area contributed by atoms with Crippen LogP contribution in [0.3, 0.4) is 0 Å². The van der Waals surface area contributed by atoms with Crippen LogP contribution in [0, 0.1) is 0 Å². The lowest BCUT2D eigenvalue weighted by Gasteiger charge is -2.01. The van der Waals surface area contributed by atoms with Gasteiger partial charge in [-0.15, -0.1) is 0 Å². The Kier molecular flexibility index (Phi) is 3.20. The monoisotopic (exact) mass is 241 g/mol. The van der Waals surface area contributed by atoms with Crippen molar-refractivity contribution in [2.24, 2.45) is 0 Å². The Morgan fingerprint density at radius 3 is 2.56 bits per heavy atom. The summed E-state index contributed by atoms with van der Waals surface area (Å²) in [5.74, 6) is 1.99. The lowest BCUT2D eigenvalue weighted by molar-refractivity contribution is 0.492. The maximum atomic E-state index is 5.86. The van der Waals surface area contributed by atoms with E-state index in [1.807, 2.05) is 0 Å². The molecule has 0 bridgehead atoms. The SMILES string of the molecule is CCc1ccc(-c2ccc(CNC3CC3)o2)cc1. The van der Waals surface area contributed by atoms with Crippen LogP contribution in [0.5, 0.6) is 0 Å². The van der Waals surface area contributed by atoms with Crippen LogP contribution in [-0.2, 0) is 13.0 Å². The number of aryl methyl sites for hydroxylation is 1. The van der Waals surface area contributed by atoms with Crippen LogP contribution in [0.1, 0.15) is 31.1 Å². The molecule has 1 aromatic heterocycles. The molecule has 0 radical (unpaired) electrons. The second-order valence-corrected chi connectivity index (χ2v) is 4.97. The molecule has 2 nitrogen and oxygen atoms in total. The third kappa shape index (κ3) is 2.65. The highest BCUT2D eigenvalue weighted by Crippen LogP contribution is 2.24. The molecule has 1 aliphatic carbocycles. The highest BCUT2D eigenvalue weighted by atomic mass is 16.3. The van der Waals surface area contributed by atoms with Crippen molar-refractivity contribution in [2.45, 2.75) is 38.8 Å². The molecule has 0 saturated heterocycles. The Balaban J connectivity index is 1.70. The minimum atomic E-state index is 0.724. The van der Waals surface area contributed by atoms with Crippen LogP contribution in [0.15, 0.2) is 40.8 Å². The van der Waals surface area contributed by atoms with Gasteiger partial charge in [-0.05, 0) is 37.0 Å². The van der Waals surface area contributed by atoms with Gasteiger partial charge in [0.25, 0.3) is 0 Å². The van der Waals surface area contributed by atoms with Gasteiger partial charge in [0.1, 0.15) is 11.5 Å². The molecule has 2 aromatic rings. The predicted molar refractivity (Wildman–Crippen MR) is 73.4 cm³/mol. The highest BCUT2D eigenvalue weighted by molar-refractivity contribution is 5.57. The maximum absolute atomic E-state index is 5.86. The summed E-state index contributed by atoms with van der Waals surface area (Å²) in [7, 11) is 0. The number of benzene rings is 1. The van der Waals surface area contributed by atoms with Crippen molar-refractivity contribution in [3.8, 4) is 11.3 Å². The predicted octanol–water partition coefficient (Wildman–Crippen LogP) is 3.76. The first kappa shape index (κ1) is 11.5. The number of rotatable bonds is 5. The zero-order chi connectivity index (χ0) is 12.4. The third-order valence-corrected chi connectivity index (χ3v) is 3.45. The van der Waals surface area contributed by atoms with Crippen LogP contribution in [0.25, 0.3) is 11.3 Å². The zero-order valence-corrected chi connectivity index (χ0v) is 10.8. The fourth-order valence-electron chi connectivity index (χ4n) is 2.07.